The molecular formula is C12H14BrClO2. The van der Waals surface area contributed by atoms with Gasteiger partial charge in [-0.2, -0.15) is 0 Å². The molecule has 0 spiro atoms. The number of carbonyl (C=O) groups excluding carboxylic acids is 1. The lowest BCUT2D eigenvalue weighted by Gasteiger charge is -2.23. The summed E-state index contributed by atoms with van der Waals surface area (Å²) in [6.45, 7) is 3.65. The molecule has 2 nitrogen and oxygen atoms in total. The van der Waals surface area contributed by atoms with Gasteiger partial charge in [0.15, 0.2) is 5.78 Å². The number of hydrogen-bond donors (Lipinski definition) is 0. The molecule has 1 aromatic rings. The number of halogens is 2. The molecule has 0 aliphatic heterocycles. The molecule has 1 atom stereocenters. The first-order chi connectivity index (χ1) is 7.47. The van der Waals surface area contributed by atoms with Crippen molar-refractivity contribution >= 4 is 33.3 Å². The van der Waals surface area contributed by atoms with E-state index in [2.05, 4.69) is 15.9 Å². The summed E-state index contributed by atoms with van der Waals surface area (Å²) in [7, 11) is 0. The zero-order valence-corrected chi connectivity index (χ0v) is 11.6. The second kappa shape index (κ2) is 5.69. The first-order valence-corrected chi connectivity index (χ1v) is 6.49. The van der Waals surface area contributed by atoms with Crippen LogP contribution in [0.4, 0.5) is 0 Å². The van der Waals surface area contributed by atoms with Crippen LogP contribution in [0, 0.1) is 5.41 Å². The molecule has 1 aromatic carbocycles. The fourth-order valence-corrected chi connectivity index (χ4v) is 1.72. The summed E-state index contributed by atoms with van der Waals surface area (Å²) < 4.78 is 5.36. The Morgan fingerprint density at radius 3 is 2.50 bits per heavy atom. The molecule has 16 heavy (non-hydrogen) atoms. The molecule has 0 aliphatic carbocycles. The Bertz CT molecular complexity index is 351. The average Bonchev–Trinajstić information content (AvgIpc) is 2.29. The van der Waals surface area contributed by atoms with Gasteiger partial charge in [-0.1, -0.05) is 59.6 Å². The number of Topliss-reactive ketones (excluding diaryl/α,β-unsaturated/α-hetero) is 1. The third-order valence-electron chi connectivity index (χ3n) is 2.19. The van der Waals surface area contributed by atoms with Gasteiger partial charge in [-0.05, 0) is 12.1 Å². The molecule has 0 aliphatic rings. The highest BCUT2D eigenvalue weighted by Crippen LogP contribution is 2.25. The van der Waals surface area contributed by atoms with Gasteiger partial charge in [0.25, 0.3) is 0 Å². The van der Waals surface area contributed by atoms with Crippen LogP contribution in [0.15, 0.2) is 30.3 Å². The number of rotatable bonds is 5. The van der Waals surface area contributed by atoms with Crippen LogP contribution in [0.2, 0.25) is 0 Å². The van der Waals surface area contributed by atoms with Crippen LogP contribution >= 0.6 is 27.5 Å². The highest BCUT2D eigenvalue weighted by molar-refractivity contribution is 9.09. The van der Waals surface area contributed by atoms with Gasteiger partial charge in [0.05, 0.1) is 0 Å². The summed E-state index contributed by atoms with van der Waals surface area (Å²) in [5, 5.41) is 0.556. The minimum Gasteiger partial charge on any atom is -0.467 e. The monoisotopic (exact) mass is 304 g/mol. The maximum Gasteiger partial charge on any atom is 0.230 e. The standard InChI is InChI=1S/C12H14BrClO2/c1-12(2,8-13)10(15)11(14)16-9-6-4-3-5-7-9/h3-7,11H,8H2,1-2H3. The Morgan fingerprint density at radius 1 is 1.44 bits per heavy atom. The average molecular weight is 306 g/mol. The number of carbonyl (C=O) groups is 1. The van der Waals surface area contributed by atoms with Crippen LogP contribution in [0.5, 0.6) is 5.75 Å². The van der Waals surface area contributed by atoms with E-state index in [0.717, 1.165) is 0 Å². The summed E-state index contributed by atoms with van der Waals surface area (Å²) in [5.74, 6) is 0.469. The van der Waals surface area contributed by atoms with Crippen molar-refractivity contribution in [3.8, 4) is 5.75 Å². The SMILES string of the molecule is CC(C)(CBr)C(=O)C(Cl)Oc1ccccc1. The number of benzene rings is 1. The lowest BCUT2D eigenvalue weighted by Crippen LogP contribution is -2.36. The fraction of sp³-hybridized carbons (Fsp3) is 0.417. The predicted molar refractivity (Wildman–Crippen MR) is 69.3 cm³/mol. The Hall–Kier alpha value is -0.540. The van der Waals surface area contributed by atoms with E-state index in [-0.39, 0.29) is 5.78 Å². The lowest BCUT2D eigenvalue weighted by molar-refractivity contribution is -0.129. The first-order valence-electron chi connectivity index (χ1n) is 4.93. The van der Waals surface area contributed by atoms with Crippen molar-refractivity contribution in [2.45, 2.75) is 19.4 Å². The van der Waals surface area contributed by atoms with Gasteiger partial charge in [0.2, 0.25) is 5.56 Å². The predicted octanol–water partition coefficient (Wildman–Crippen LogP) is 3.62. The number of ketones is 1. The van der Waals surface area contributed by atoms with Crippen molar-refractivity contribution in [1.82, 2.24) is 0 Å². The Balaban J connectivity index is 2.66. The van der Waals surface area contributed by atoms with Crippen LogP contribution < -0.4 is 4.74 Å². The second-order valence-corrected chi connectivity index (χ2v) is 5.09. The Kier molecular flexibility index (Phi) is 4.81. The van der Waals surface area contributed by atoms with Crippen LogP contribution in [0.1, 0.15) is 13.8 Å². The summed E-state index contributed by atoms with van der Waals surface area (Å²) in [6, 6.07) is 9.08. The molecule has 1 unspecified atom stereocenters. The molecule has 1 rings (SSSR count). The van der Waals surface area contributed by atoms with Crippen molar-refractivity contribution in [1.29, 1.82) is 0 Å². The Labute approximate surface area is 109 Å². The van der Waals surface area contributed by atoms with Gasteiger partial charge < -0.3 is 4.74 Å². The van der Waals surface area contributed by atoms with Crippen LogP contribution in [-0.4, -0.2) is 16.7 Å². The topological polar surface area (TPSA) is 26.3 Å². The van der Waals surface area contributed by atoms with E-state index in [9.17, 15) is 4.79 Å². The van der Waals surface area contributed by atoms with E-state index in [1.165, 1.54) is 0 Å². The molecule has 0 saturated heterocycles. The normalized spacial score (nSPS) is 13.2. The zero-order chi connectivity index (χ0) is 12.2. The molecule has 0 aromatic heterocycles. The van der Waals surface area contributed by atoms with Crippen LogP contribution in [0.3, 0.4) is 0 Å². The molecule has 88 valence electrons. The van der Waals surface area contributed by atoms with Gasteiger partial charge in [0.1, 0.15) is 5.75 Å². The molecule has 0 radical (unpaired) electrons. The van der Waals surface area contributed by atoms with Crippen molar-refractivity contribution in [3.63, 3.8) is 0 Å². The zero-order valence-electron chi connectivity index (χ0n) is 9.24. The van der Waals surface area contributed by atoms with Gasteiger partial charge in [-0.25, -0.2) is 0 Å². The van der Waals surface area contributed by atoms with Crippen LogP contribution in [-0.2, 0) is 4.79 Å². The summed E-state index contributed by atoms with van der Waals surface area (Å²) >= 11 is 9.23. The van der Waals surface area contributed by atoms with Crippen molar-refractivity contribution in [2.75, 3.05) is 5.33 Å². The van der Waals surface area contributed by atoms with E-state index in [1.54, 1.807) is 12.1 Å². The lowest BCUT2D eigenvalue weighted by atomic mass is 9.91. The minimum atomic E-state index is -0.949. The summed E-state index contributed by atoms with van der Waals surface area (Å²) in [5.41, 5.74) is -1.48. The second-order valence-electron chi connectivity index (χ2n) is 4.13. The number of para-hydroxylation sites is 1. The molecule has 4 heteroatoms. The van der Waals surface area contributed by atoms with Crippen molar-refractivity contribution < 1.29 is 9.53 Å². The highest BCUT2D eigenvalue weighted by Gasteiger charge is 2.33. The maximum absolute atomic E-state index is 11.9. The number of alkyl halides is 2. The Morgan fingerprint density at radius 2 is 2.00 bits per heavy atom. The number of ether oxygens (including phenoxy) is 1. The largest absolute Gasteiger partial charge is 0.467 e. The van der Waals surface area contributed by atoms with Gasteiger partial charge in [-0.3, -0.25) is 4.79 Å². The molecular weight excluding hydrogens is 291 g/mol. The summed E-state index contributed by atoms with van der Waals surface area (Å²) in [6.07, 6.45) is 0. The smallest absolute Gasteiger partial charge is 0.230 e. The molecule has 0 bridgehead atoms. The van der Waals surface area contributed by atoms with E-state index in [4.69, 9.17) is 16.3 Å². The van der Waals surface area contributed by atoms with Gasteiger partial charge in [0, 0.05) is 10.7 Å². The minimum absolute atomic E-state index is 0.130. The van der Waals surface area contributed by atoms with Gasteiger partial charge in [-0.15, -0.1) is 0 Å². The third-order valence-corrected chi connectivity index (χ3v) is 3.88. The molecule has 0 heterocycles. The molecule has 0 saturated carbocycles. The molecule has 0 fully saturated rings. The van der Waals surface area contributed by atoms with Gasteiger partial charge >= 0.3 is 0 Å². The maximum atomic E-state index is 11.9. The van der Waals surface area contributed by atoms with Crippen LogP contribution in [0.25, 0.3) is 0 Å². The van der Waals surface area contributed by atoms with E-state index < -0.39 is 11.0 Å². The molecule has 0 amide bonds. The van der Waals surface area contributed by atoms with E-state index >= 15 is 0 Å². The number of hydrogen-bond acceptors (Lipinski definition) is 2. The third kappa shape index (κ3) is 3.49. The van der Waals surface area contributed by atoms with Crippen molar-refractivity contribution in [3.05, 3.63) is 30.3 Å². The van der Waals surface area contributed by atoms with Crippen molar-refractivity contribution in [2.24, 2.45) is 5.41 Å². The quantitative estimate of drug-likeness (QED) is 0.777. The van der Waals surface area contributed by atoms with E-state index in [1.807, 2.05) is 32.0 Å². The summed E-state index contributed by atoms with van der Waals surface area (Å²) in [4.78, 5) is 11.9. The van der Waals surface area contributed by atoms with E-state index in [0.29, 0.717) is 11.1 Å². The first kappa shape index (κ1) is 13.5. The molecule has 0 N–H and O–H groups in total. The highest BCUT2D eigenvalue weighted by atomic mass is 79.9. The fourth-order valence-electron chi connectivity index (χ4n) is 1.05.